The molecule has 0 bridgehead atoms. The molecule has 0 aromatic heterocycles. The highest BCUT2D eigenvalue weighted by Gasteiger charge is 2.30. The minimum absolute atomic E-state index is 0.0245. The number of halogens is 1. The van der Waals surface area contributed by atoms with Crippen LogP contribution in [0.25, 0.3) is 0 Å². The fraction of sp³-hybridized carbons (Fsp3) is 0.600. The van der Waals surface area contributed by atoms with Gasteiger partial charge >= 0.3 is 0 Å². The van der Waals surface area contributed by atoms with Crippen LogP contribution < -0.4 is 5.73 Å². The van der Waals surface area contributed by atoms with Crippen molar-refractivity contribution in [1.29, 1.82) is 0 Å². The zero-order valence-electron chi connectivity index (χ0n) is 11.7. The van der Waals surface area contributed by atoms with Crippen molar-refractivity contribution in [3.8, 4) is 0 Å². The molecule has 2 atom stereocenters. The van der Waals surface area contributed by atoms with Gasteiger partial charge in [-0.15, -0.1) is 0 Å². The molecule has 0 fully saturated rings. The van der Waals surface area contributed by atoms with Crippen molar-refractivity contribution < 1.29 is 4.74 Å². The Morgan fingerprint density at radius 3 is 2.39 bits per heavy atom. The van der Waals surface area contributed by atoms with Crippen molar-refractivity contribution >= 4 is 11.6 Å². The van der Waals surface area contributed by atoms with Crippen LogP contribution in [-0.4, -0.2) is 12.1 Å². The Balaban J connectivity index is 2.72. The quantitative estimate of drug-likeness (QED) is 0.877. The zero-order valence-corrected chi connectivity index (χ0v) is 12.5. The summed E-state index contributed by atoms with van der Waals surface area (Å²) in [5.41, 5.74) is 7.18. The van der Waals surface area contributed by atoms with Crippen LogP contribution in [0.2, 0.25) is 5.02 Å². The average molecular weight is 270 g/mol. The second-order valence-corrected chi connectivity index (χ2v) is 6.17. The molecular formula is C15H24ClNO. The minimum atomic E-state index is 0.0245. The lowest BCUT2D eigenvalue weighted by Gasteiger charge is -2.35. The molecule has 102 valence electrons. The number of hydrogen-bond acceptors (Lipinski definition) is 2. The Labute approximate surface area is 115 Å². The van der Waals surface area contributed by atoms with Gasteiger partial charge in [0, 0.05) is 11.1 Å². The normalized spacial score (nSPS) is 15.4. The van der Waals surface area contributed by atoms with Crippen molar-refractivity contribution in [3.05, 3.63) is 34.9 Å². The SMILES string of the molecule is CCC(N)C(OCc1ccccc1Cl)C(C)(C)C. The van der Waals surface area contributed by atoms with Gasteiger partial charge in [-0.2, -0.15) is 0 Å². The molecule has 2 N–H and O–H groups in total. The lowest BCUT2D eigenvalue weighted by molar-refractivity contribution is -0.0439. The maximum Gasteiger partial charge on any atom is 0.0778 e. The van der Waals surface area contributed by atoms with E-state index in [9.17, 15) is 0 Å². The minimum Gasteiger partial charge on any atom is -0.371 e. The molecule has 18 heavy (non-hydrogen) atoms. The van der Waals surface area contributed by atoms with Crippen molar-refractivity contribution in [2.45, 2.75) is 52.9 Å². The Morgan fingerprint density at radius 2 is 1.89 bits per heavy atom. The van der Waals surface area contributed by atoms with Gasteiger partial charge in [0.05, 0.1) is 12.7 Å². The monoisotopic (exact) mass is 269 g/mol. The number of nitrogens with two attached hydrogens (primary N) is 1. The summed E-state index contributed by atoms with van der Waals surface area (Å²) in [4.78, 5) is 0. The molecule has 1 rings (SSSR count). The summed E-state index contributed by atoms with van der Waals surface area (Å²) >= 11 is 6.12. The summed E-state index contributed by atoms with van der Waals surface area (Å²) in [5.74, 6) is 0. The van der Waals surface area contributed by atoms with E-state index in [0.717, 1.165) is 17.0 Å². The lowest BCUT2D eigenvalue weighted by atomic mass is 9.84. The molecular weight excluding hydrogens is 246 g/mol. The smallest absolute Gasteiger partial charge is 0.0778 e. The Hall–Kier alpha value is -0.570. The first kappa shape index (κ1) is 15.5. The lowest BCUT2D eigenvalue weighted by Crippen LogP contribution is -2.44. The fourth-order valence-corrected chi connectivity index (χ4v) is 2.22. The third kappa shape index (κ3) is 4.27. The molecule has 3 heteroatoms. The standard InChI is InChI=1S/C15H24ClNO/c1-5-13(17)14(15(2,3)4)18-10-11-8-6-7-9-12(11)16/h6-9,13-14H,5,10,17H2,1-4H3. The van der Waals surface area contributed by atoms with Crippen LogP contribution in [-0.2, 0) is 11.3 Å². The summed E-state index contributed by atoms with van der Waals surface area (Å²) in [6.07, 6.45) is 0.934. The number of rotatable bonds is 5. The molecule has 1 aromatic rings. The van der Waals surface area contributed by atoms with Crippen LogP contribution >= 0.6 is 11.6 Å². The summed E-state index contributed by atoms with van der Waals surface area (Å²) < 4.78 is 6.02. The Bertz CT molecular complexity index is 373. The molecule has 2 nitrogen and oxygen atoms in total. The van der Waals surface area contributed by atoms with Crippen molar-refractivity contribution in [2.24, 2.45) is 11.1 Å². The van der Waals surface area contributed by atoms with Gasteiger partial charge in [0.1, 0.15) is 0 Å². The summed E-state index contributed by atoms with van der Waals surface area (Å²) in [6.45, 7) is 9.05. The van der Waals surface area contributed by atoms with Gasteiger partial charge in [-0.05, 0) is 23.5 Å². The van der Waals surface area contributed by atoms with E-state index in [1.165, 1.54) is 0 Å². The van der Waals surface area contributed by atoms with Crippen LogP contribution in [0.5, 0.6) is 0 Å². The third-order valence-corrected chi connectivity index (χ3v) is 3.46. The second-order valence-electron chi connectivity index (χ2n) is 5.76. The number of benzene rings is 1. The van der Waals surface area contributed by atoms with Gasteiger partial charge in [0.25, 0.3) is 0 Å². The maximum atomic E-state index is 6.15. The van der Waals surface area contributed by atoms with Crippen LogP contribution in [0, 0.1) is 5.41 Å². The molecule has 0 radical (unpaired) electrons. The van der Waals surface area contributed by atoms with Crippen LogP contribution in [0.4, 0.5) is 0 Å². The first-order valence-electron chi connectivity index (χ1n) is 6.46. The molecule has 0 saturated carbocycles. The highest BCUT2D eigenvalue weighted by molar-refractivity contribution is 6.31. The molecule has 0 amide bonds. The predicted octanol–water partition coefficient (Wildman–Crippen LogP) is 4.01. The largest absolute Gasteiger partial charge is 0.371 e. The maximum absolute atomic E-state index is 6.15. The zero-order chi connectivity index (χ0) is 13.8. The van der Waals surface area contributed by atoms with E-state index in [-0.39, 0.29) is 17.6 Å². The predicted molar refractivity (Wildman–Crippen MR) is 77.8 cm³/mol. The topological polar surface area (TPSA) is 35.2 Å². The molecule has 0 heterocycles. The number of ether oxygens (including phenoxy) is 1. The van der Waals surface area contributed by atoms with Crippen LogP contribution in [0.1, 0.15) is 39.7 Å². The highest BCUT2D eigenvalue weighted by atomic mass is 35.5. The first-order valence-corrected chi connectivity index (χ1v) is 6.84. The van der Waals surface area contributed by atoms with Gasteiger partial charge < -0.3 is 10.5 Å². The Kier molecular flexibility index (Phi) is 5.64. The van der Waals surface area contributed by atoms with E-state index in [1.54, 1.807) is 0 Å². The molecule has 0 aliphatic carbocycles. The Morgan fingerprint density at radius 1 is 1.28 bits per heavy atom. The van der Waals surface area contributed by atoms with E-state index in [2.05, 4.69) is 27.7 Å². The van der Waals surface area contributed by atoms with Gasteiger partial charge in [0.2, 0.25) is 0 Å². The fourth-order valence-electron chi connectivity index (χ4n) is 2.02. The van der Waals surface area contributed by atoms with Gasteiger partial charge in [-0.25, -0.2) is 0 Å². The van der Waals surface area contributed by atoms with E-state index in [1.807, 2.05) is 24.3 Å². The summed E-state index contributed by atoms with van der Waals surface area (Å²) in [6, 6.07) is 7.81. The van der Waals surface area contributed by atoms with Crippen LogP contribution in [0.3, 0.4) is 0 Å². The average Bonchev–Trinajstić information content (AvgIpc) is 2.29. The van der Waals surface area contributed by atoms with Crippen molar-refractivity contribution in [3.63, 3.8) is 0 Å². The third-order valence-electron chi connectivity index (χ3n) is 3.09. The summed E-state index contributed by atoms with van der Waals surface area (Å²) in [7, 11) is 0. The number of hydrogen-bond donors (Lipinski definition) is 1. The van der Waals surface area contributed by atoms with Gasteiger partial charge in [-0.1, -0.05) is 57.5 Å². The van der Waals surface area contributed by atoms with E-state index in [4.69, 9.17) is 22.1 Å². The van der Waals surface area contributed by atoms with E-state index >= 15 is 0 Å². The molecule has 0 spiro atoms. The molecule has 0 aliphatic rings. The first-order chi connectivity index (χ1) is 8.36. The van der Waals surface area contributed by atoms with Crippen LogP contribution in [0.15, 0.2) is 24.3 Å². The van der Waals surface area contributed by atoms with Crippen molar-refractivity contribution in [2.75, 3.05) is 0 Å². The van der Waals surface area contributed by atoms with E-state index in [0.29, 0.717) is 6.61 Å². The molecule has 1 aromatic carbocycles. The van der Waals surface area contributed by atoms with Crippen molar-refractivity contribution in [1.82, 2.24) is 0 Å². The second kappa shape index (κ2) is 6.55. The molecule has 0 saturated heterocycles. The van der Waals surface area contributed by atoms with E-state index < -0.39 is 0 Å². The summed E-state index contributed by atoms with van der Waals surface area (Å²) in [5, 5.41) is 0.746. The molecule has 0 aliphatic heterocycles. The molecule has 2 unspecified atom stereocenters. The van der Waals surface area contributed by atoms with Gasteiger partial charge in [0.15, 0.2) is 0 Å². The van der Waals surface area contributed by atoms with Gasteiger partial charge in [-0.3, -0.25) is 0 Å². The highest BCUT2D eigenvalue weighted by Crippen LogP contribution is 2.27.